The predicted molar refractivity (Wildman–Crippen MR) is 148 cm³/mol. The number of benzene rings is 4. The summed E-state index contributed by atoms with van der Waals surface area (Å²) >= 11 is 0. The fraction of sp³-hybridized carbons (Fsp3) is 0.273. The van der Waals surface area contributed by atoms with Crippen molar-refractivity contribution in [3.8, 4) is 0 Å². The van der Waals surface area contributed by atoms with Crippen LogP contribution >= 0.6 is 0 Å². The third-order valence-corrected chi connectivity index (χ3v) is 7.39. The summed E-state index contributed by atoms with van der Waals surface area (Å²) in [5, 5.41) is 0. The molecule has 5 rings (SSSR count). The summed E-state index contributed by atoms with van der Waals surface area (Å²) in [6, 6.07) is 25.4. The number of rotatable bonds is 10. The largest absolute Gasteiger partial charge is 0.369 e. The minimum Gasteiger partial charge on any atom is -0.369 e. The Morgan fingerprint density at radius 3 is 1.30 bits per heavy atom. The van der Waals surface area contributed by atoms with E-state index in [1.807, 2.05) is 0 Å². The van der Waals surface area contributed by atoms with Gasteiger partial charge in [0.05, 0.1) is 6.04 Å². The molecule has 0 N–H and O–H groups in total. The number of hydrogen-bond acceptors (Lipinski definition) is 3. The minimum atomic E-state index is -0.412. The van der Waals surface area contributed by atoms with Gasteiger partial charge >= 0.3 is 0 Å². The van der Waals surface area contributed by atoms with E-state index in [4.69, 9.17) is 4.74 Å². The molecular weight excluding hydrogens is 516 g/mol. The van der Waals surface area contributed by atoms with E-state index in [1.165, 1.54) is 48.5 Å². The summed E-state index contributed by atoms with van der Waals surface area (Å²) in [4.78, 5) is 4.74. The normalized spacial score (nSPS) is 14.8. The van der Waals surface area contributed by atoms with Gasteiger partial charge in [0, 0.05) is 39.3 Å². The van der Waals surface area contributed by atoms with Crippen LogP contribution < -0.4 is 0 Å². The highest BCUT2D eigenvalue weighted by Crippen LogP contribution is 2.30. The third-order valence-electron chi connectivity index (χ3n) is 7.39. The first-order valence-electron chi connectivity index (χ1n) is 13.6. The summed E-state index contributed by atoms with van der Waals surface area (Å²) in [6.07, 6.45) is 0.392. The van der Waals surface area contributed by atoms with Crippen LogP contribution in [-0.4, -0.2) is 49.1 Å². The Hall–Kier alpha value is -3.52. The molecule has 4 aromatic rings. The zero-order chi connectivity index (χ0) is 27.9. The van der Waals surface area contributed by atoms with Crippen molar-refractivity contribution in [2.75, 3.05) is 39.3 Å². The molecule has 1 saturated heterocycles. The second kappa shape index (κ2) is 13.2. The fourth-order valence-corrected chi connectivity index (χ4v) is 5.30. The molecule has 0 spiro atoms. The topological polar surface area (TPSA) is 15.7 Å². The van der Waals surface area contributed by atoms with Gasteiger partial charge in [-0.25, -0.2) is 17.6 Å². The summed E-state index contributed by atoms with van der Waals surface area (Å²) in [6.45, 7) is 4.69. The van der Waals surface area contributed by atoms with Gasteiger partial charge in [-0.15, -0.1) is 0 Å². The van der Waals surface area contributed by atoms with E-state index < -0.39 is 6.10 Å². The molecule has 40 heavy (non-hydrogen) atoms. The highest BCUT2D eigenvalue weighted by atomic mass is 19.1. The summed E-state index contributed by atoms with van der Waals surface area (Å²) in [5.41, 5.74) is 3.58. The van der Waals surface area contributed by atoms with Crippen LogP contribution in [0.15, 0.2) is 97.1 Å². The van der Waals surface area contributed by atoms with E-state index in [0.29, 0.717) is 6.61 Å². The van der Waals surface area contributed by atoms with Crippen LogP contribution in [0.1, 0.15) is 40.8 Å². The van der Waals surface area contributed by atoms with Crippen molar-refractivity contribution in [1.82, 2.24) is 9.80 Å². The van der Waals surface area contributed by atoms with Crippen LogP contribution in [0, 0.1) is 23.3 Å². The zero-order valence-electron chi connectivity index (χ0n) is 22.2. The predicted octanol–water partition coefficient (Wildman–Crippen LogP) is 7.15. The molecule has 0 bridgehead atoms. The van der Waals surface area contributed by atoms with Crippen molar-refractivity contribution in [1.29, 1.82) is 0 Å². The standard InChI is InChI=1S/C33H32F4N2O/c34-28-10-2-24(3-11-28)32(25-4-12-29(35)13-5-25)39-21-19-38(20-22-39)18-1-23-40-33(26-6-14-30(36)15-7-26)27-8-16-31(37)17-9-27/h2-17,32-33H,1,18-23H2. The molecule has 0 aliphatic carbocycles. The summed E-state index contributed by atoms with van der Waals surface area (Å²) in [7, 11) is 0. The first-order chi connectivity index (χ1) is 19.5. The smallest absolute Gasteiger partial charge is 0.123 e. The van der Waals surface area contributed by atoms with Gasteiger partial charge in [-0.05, 0) is 77.2 Å². The highest BCUT2D eigenvalue weighted by molar-refractivity contribution is 5.33. The quantitative estimate of drug-likeness (QED) is 0.155. The van der Waals surface area contributed by atoms with E-state index >= 15 is 0 Å². The number of nitrogens with zero attached hydrogens (tertiary/aromatic N) is 2. The van der Waals surface area contributed by atoms with Gasteiger partial charge in [0.1, 0.15) is 29.4 Å². The van der Waals surface area contributed by atoms with E-state index in [2.05, 4.69) is 9.80 Å². The van der Waals surface area contributed by atoms with Crippen molar-refractivity contribution < 1.29 is 22.3 Å². The van der Waals surface area contributed by atoms with E-state index in [9.17, 15) is 17.6 Å². The molecule has 1 aliphatic rings. The summed E-state index contributed by atoms with van der Waals surface area (Å²) in [5.74, 6) is -1.20. The molecule has 1 fully saturated rings. The van der Waals surface area contributed by atoms with E-state index in [1.54, 1.807) is 48.5 Å². The van der Waals surface area contributed by atoms with Crippen LogP contribution in [0.5, 0.6) is 0 Å². The molecule has 0 radical (unpaired) electrons. The van der Waals surface area contributed by atoms with E-state index in [0.717, 1.165) is 61.4 Å². The van der Waals surface area contributed by atoms with Crippen LogP contribution in [0.4, 0.5) is 17.6 Å². The second-order valence-electron chi connectivity index (χ2n) is 10.1. The van der Waals surface area contributed by atoms with E-state index in [-0.39, 0.29) is 29.3 Å². The number of hydrogen-bond donors (Lipinski definition) is 0. The van der Waals surface area contributed by atoms with Crippen molar-refractivity contribution in [2.45, 2.75) is 18.6 Å². The third kappa shape index (κ3) is 7.16. The Kier molecular flexibility index (Phi) is 9.26. The van der Waals surface area contributed by atoms with Crippen LogP contribution in [0.2, 0.25) is 0 Å². The number of halogens is 4. The van der Waals surface area contributed by atoms with Crippen molar-refractivity contribution in [2.24, 2.45) is 0 Å². The van der Waals surface area contributed by atoms with Gasteiger partial charge in [0.25, 0.3) is 0 Å². The van der Waals surface area contributed by atoms with Crippen molar-refractivity contribution in [3.05, 3.63) is 143 Å². The molecule has 1 aliphatic heterocycles. The maximum absolute atomic E-state index is 13.6. The molecular formula is C33H32F4N2O. The lowest BCUT2D eigenvalue weighted by Gasteiger charge is -2.40. The van der Waals surface area contributed by atoms with Gasteiger partial charge in [0.15, 0.2) is 0 Å². The van der Waals surface area contributed by atoms with Gasteiger partial charge in [-0.1, -0.05) is 48.5 Å². The molecule has 208 valence electrons. The fourth-order valence-electron chi connectivity index (χ4n) is 5.30. The Bertz CT molecular complexity index is 1250. The Morgan fingerprint density at radius 2 is 0.900 bits per heavy atom. The van der Waals surface area contributed by atoms with Gasteiger partial charge in [0.2, 0.25) is 0 Å². The zero-order valence-corrected chi connectivity index (χ0v) is 22.2. The highest BCUT2D eigenvalue weighted by Gasteiger charge is 2.26. The lowest BCUT2D eigenvalue weighted by atomic mass is 9.96. The van der Waals surface area contributed by atoms with Crippen molar-refractivity contribution in [3.63, 3.8) is 0 Å². The molecule has 0 unspecified atom stereocenters. The molecule has 0 aromatic heterocycles. The lowest BCUT2D eigenvalue weighted by molar-refractivity contribution is 0.0612. The Balaban J connectivity index is 1.17. The molecule has 0 atom stereocenters. The maximum Gasteiger partial charge on any atom is 0.123 e. The van der Waals surface area contributed by atoms with Crippen LogP contribution in [-0.2, 0) is 4.74 Å². The SMILES string of the molecule is Fc1ccc(C(OCCCN2CCN(C(c3ccc(F)cc3)c3ccc(F)cc3)CC2)c2ccc(F)cc2)cc1. The number of piperazine rings is 1. The minimum absolute atomic E-state index is 0.0844. The van der Waals surface area contributed by atoms with Gasteiger partial charge in [-0.3, -0.25) is 4.90 Å². The first-order valence-corrected chi connectivity index (χ1v) is 13.6. The number of ether oxygens (including phenoxy) is 1. The van der Waals surface area contributed by atoms with Crippen molar-refractivity contribution >= 4 is 0 Å². The monoisotopic (exact) mass is 548 g/mol. The molecule has 1 heterocycles. The summed E-state index contributed by atoms with van der Waals surface area (Å²) < 4.78 is 60.4. The van der Waals surface area contributed by atoms with Gasteiger partial charge < -0.3 is 9.64 Å². The molecule has 4 aromatic carbocycles. The molecule has 0 saturated carbocycles. The Morgan fingerprint density at radius 1 is 0.525 bits per heavy atom. The average molecular weight is 549 g/mol. The average Bonchev–Trinajstić information content (AvgIpc) is 2.97. The second-order valence-corrected chi connectivity index (χ2v) is 10.1. The maximum atomic E-state index is 13.6. The van der Waals surface area contributed by atoms with Crippen LogP contribution in [0.3, 0.4) is 0 Å². The Labute approximate surface area is 232 Å². The molecule has 7 heteroatoms. The van der Waals surface area contributed by atoms with Gasteiger partial charge in [-0.2, -0.15) is 0 Å². The molecule has 0 amide bonds. The lowest BCUT2D eigenvalue weighted by Crippen LogP contribution is -2.48. The first kappa shape index (κ1) is 28.0. The molecule has 3 nitrogen and oxygen atoms in total. The van der Waals surface area contributed by atoms with Crippen LogP contribution in [0.25, 0.3) is 0 Å².